The van der Waals surface area contributed by atoms with Gasteiger partial charge in [-0.15, -0.1) is 0 Å². The number of hydrogen-bond acceptors (Lipinski definition) is 2. The third-order valence-electron chi connectivity index (χ3n) is 4.12. The molecule has 1 unspecified atom stereocenters. The van der Waals surface area contributed by atoms with E-state index >= 15 is 0 Å². The first-order valence-corrected chi connectivity index (χ1v) is 6.52. The monoisotopic (exact) mass is 211 g/mol. The molecule has 15 heavy (non-hydrogen) atoms. The standard InChI is InChI=1S/C13H25NO/c1-4-5-12-6-7-14(11(2)3)13(8-12)9-15-10-13/h11-12H,4-10H2,1-3H3. The van der Waals surface area contributed by atoms with Gasteiger partial charge in [0.1, 0.15) is 0 Å². The van der Waals surface area contributed by atoms with Crippen LogP contribution in [0.1, 0.15) is 46.5 Å². The van der Waals surface area contributed by atoms with E-state index in [0.29, 0.717) is 11.6 Å². The summed E-state index contributed by atoms with van der Waals surface area (Å²) in [6.45, 7) is 10.2. The highest BCUT2D eigenvalue weighted by molar-refractivity contribution is 5.02. The van der Waals surface area contributed by atoms with Crippen LogP contribution in [0, 0.1) is 5.92 Å². The Bertz CT molecular complexity index is 211. The van der Waals surface area contributed by atoms with Crippen LogP contribution in [-0.2, 0) is 4.74 Å². The van der Waals surface area contributed by atoms with Gasteiger partial charge in [0.05, 0.1) is 18.8 Å². The van der Waals surface area contributed by atoms with Crippen LogP contribution in [0.4, 0.5) is 0 Å². The van der Waals surface area contributed by atoms with E-state index in [2.05, 4.69) is 25.7 Å². The van der Waals surface area contributed by atoms with Crippen LogP contribution < -0.4 is 0 Å². The minimum Gasteiger partial charge on any atom is -0.377 e. The molecule has 2 saturated heterocycles. The third kappa shape index (κ3) is 2.07. The van der Waals surface area contributed by atoms with Gasteiger partial charge in [0.2, 0.25) is 0 Å². The van der Waals surface area contributed by atoms with E-state index in [1.54, 1.807) is 0 Å². The largest absolute Gasteiger partial charge is 0.377 e. The molecule has 0 saturated carbocycles. The van der Waals surface area contributed by atoms with Crippen molar-refractivity contribution in [2.24, 2.45) is 5.92 Å². The second kappa shape index (κ2) is 4.42. The van der Waals surface area contributed by atoms with Gasteiger partial charge in [0, 0.05) is 6.04 Å². The van der Waals surface area contributed by atoms with Crippen molar-refractivity contribution in [2.45, 2.75) is 58.0 Å². The van der Waals surface area contributed by atoms with Crippen molar-refractivity contribution in [3.8, 4) is 0 Å². The van der Waals surface area contributed by atoms with Gasteiger partial charge in [-0.2, -0.15) is 0 Å². The lowest BCUT2D eigenvalue weighted by Crippen LogP contribution is -2.67. The lowest BCUT2D eigenvalue weighted by Gasteiger charge is -2.56. The number of likely N-dealkylation sites (tertiary alicyclic amines) is 1. The molecule has 88 valence electrons. The normalized spacial score (nSPS) is 30.8. The lowest BCUT2D eigenvalue weighted by molar-refractivity contribution is -0.175. The molecular formula is C13H25NO. The van der Waals surface area contributed by atoms with Crippen LogP contribution in [-0.4, -0.2) is 36.2 Å². The van der Waals surface area contributed by atoms with E-state index in [9.17, 15) is 0 Å². The van der Waals surface area contributed by atoms with Crippen molar-refractivity contribution >= 4 is 0 Å². The maximum atomic E-state index is 5.48. The van der Waals surface area contributed by atoms with Crippen molar-refractivity contribution < 1.29 is 4.74 Å². The number of nitrogens with zero attached hydrogens (tertiary/aromatic N) is 1. The molecule has 2 heterocycles. The highest BCUT2D eigenvalue weighted by Crippen LogP contribution is 2.40. The summed E-state index contributed by atoms with van der Waals surface area (Å²) in [6.07, 6.45) is 5.52. The number of ether oxygens (including phenoxy) is 1. The van der Waals surface area contributed by atoms with Crippen LogP contribution >= 0.6 is 0 Å². The molecule has 2 aliphatic rings. The number of hydrogen-bond donors (Lipinski definition) is 0. The average Bonchev–Trinajstić information content (AvgIpc) is 2.15. The van der Waals surface area contributed by atoms with E-state index < -0.39 is 0 Å². The van der Waals surface area contributed by atoms with Crippen molar-refractivity contribution in [3.05, 3.63) is 0 Å². The Balaban J connectivity index is 2.00. The van der Waals surface area contributed by atoms with Gasteiger partial charge in [-0.3, -0.25) is 4.90 Å². The van der Waals surface area contributed by atoms with Crippen LogP contribution in [0.3, 0.4) is 0 Å². The third-order valence-corrected chi connectivity index (χ3v) is 4.12. The Morgan fingerprint density at radius 1 is 1.40 bits per heavy atom. The fourth-order valence-corrected chi connectivity index (χ4v) is 3.40. The summed E-state index contributed by atoms with van der Waals surface area (Å²) in [7, 11) is 0. The highest BCUT2D eigenvalue weighted by atomic mass is 16.5. The summed E-state index contributed by atoms with van der Waals surface area (Å²) in [5.41, 5.74) is 0.423. The molecule has 0 aromatic rings. The Kier molecular flexibility index (Phi) is 3.36. The number of rotatable bonds is 3. The molecule has 0 bridgehead atoms. The van der Waals surface area contributed by atoms with E-state index in [0.717, 1.165) is 19.1 Å². The molecule has 1 spiro atoms. The summed E-state index contributed by atoms with van der Waals surface area (Å²) in [6, 6.07) is 0.677. The lowest BCUT2D eigenvalue weighted by atomic mass is 9.76. The molecule has 2 heteroatoms. The van der Waals surface area contributed by atoms with E-state index in [4.69, 9.17) is 4.74 Å². The molecular weight excluding hydrogens is 186 g/mol. The first kappa shape index (κ1) is 11.4. The van der Waals surface area contributed by atoms with Crippen molar-refractivity contribution in [1.82, 2.24) is 4.90 Å². The summed E-state index contributed by atoms with van der Waals surface area (Å²) in [4.78, 5) is 2.68. The maximum absolute atomic E-state index is 5.48. The zero-order chi connectivity index (χ0) is 10.9. The topological polar surface area (TPSA) is 12.5 Å². The highest BCUT2D eigenvalue weighted by Gasteiger charge is 2.48. The van der Waals surface area contributed by atoms with Gasteiger partial charge in [-0.05, 0) is 39.2 Å². The quantitative estimate of drug-likeness (QED) is 0.711. The average molecular weight is 211 g/mol. The molecule has 2 aliphatic heterocycles. The Morgan fingerprint density at radius 3 is 2.60 bits per heavy atom. The molecule has 0 amide bonds. The fraction of sp³-hybridized carbons (Fsp3) is 1.00. The summed E-state index contributed by atoms with van der Waals surface area (Å²) in [5.74, 6) is 0.953. The van der Waals surface area contributed by atoms with Crippen LogP contribution in [0.5, 0.6) is 0 Å². The van der Waals surface area contributed by atoms with Gasteiger partial charge in [0.25, 0.3) is 0 Å². The Morgan fingerprint density at radius 2 is 2.13 bits per heavy atom. The minimum absolute atomic E-state index is 0.423. The molecule has 0 aromatic heterocycles. The molecule has 0 aromatic carbocycles. The van der Waals surface area contributed by atoms with Crippen molar-refractivity contribution in [2.75, 3.05) is 19.8 Å². The van der Waals surface area contributed by atoms with Crippen LogP contribution in [0.15, 0.2) is 0 Å². The van der Waals surface area contributed by atoms with Crippen molar-refractivity contribution in [1.29, 1.82) is 0 Å². The smallest absolute Gasteiger partial charge is 0.0683 e. The molecule has 2 fully saturated rings. The number of piperidine rings is 1. The SMILES string of the molecule is CCCC1CCN(C(C)C)C2(COC2)C1. The van der Waals surface area contributed by atoms with Gasteiger partial charge >= 0.3 is 0 Å². The van der Waals surface area contributed by atoms with Crippen LogP contribution in [0.25, 0.3) is 0 Å². The van der Waals surface area contributed by atoms with E-state index in [-0.39, 0.29) is 0 Å². The Labute approximate surface area is 94.0 Å². The maximum Gasteiger partial charge on any atom is 0.0683 e. The molecule has 0 N–H and O–H groups in total. The zero-order valence-corrected chi connectivity index (χ0v) is 10.5. The van der Waals surface area contributed by atoms with Gasteiger partial charge in [-0.1, -0.05) is 19.8 Å². The second-order valence-corrected chi connectivity index (χ2v) is 5.65. The van der Waals surface area contributed by atoms with Gasteiger partial charge in [0.15, 0.2) is 0 Å². The zero-order valence-electron chi connectivity index (χ0n) is 10.5. The molecule has 2 nitrogen and oxygen atoms in total. The van der Waals surface area contributed by atoms with Gasteiger partial charge < -0.3 is 4.74 Å². The predicted octanol–water partition coefficient (Wildman–Crippen LogP) is 2.68. The van der Waals surface area contributed by atoms with Crippen molar-refractivity contribution in [3.63, 3.8) is 0 Å². The van der Waals surface area contributed by atoms with E-state index in [1.807, 2.05) is 0 Å². The summed E-state index contributed by atoms with van der Waals surface area (Å²) >= 11 is 0. The minimum atomic E-state index is 0.423. The molecule has 2 rings (SSSR count). The second-order valence-electron chi connectivity index (χ2n) is 5.65. The molecule has 1 atom stereocenters. The summed E-state index contributed by atoms with van der Waals surface area (Å²) < 4.78 is 5.48. The first-order valence-electron chi connectivity index (χ1n) is 6.52. The van der Waals surface area contributed by atoms with E-state index in [1.165, 1.54) is 32.2 Å². The Hall–Kier alpha value is -0.0800. The van der Waals surface area contributed by atoms with Crippen LogP contribution in [0.2, 0.25) is 0 Å². The fourth-order valence-electron chi connectivity index (χ4n) is 3.40. The summed E-state index contributed by atoms with van der Waals surface area (Å²) in [5, 5.41) is 0. The molecule has 0 aliphatic carbocycles. The molecule has 0 radical (unpaired) electrons. The predicted molar refractivity (Wildman–Crippen MR) is 63.0 cm³/mol. The van der Waals surface area contributed by atoms with Gasteiger partial charge in [-0.25, -0.2) is 0 Å². The first-order chi connectivity index (χ1) is 7.18.